The van der Waals surface area contributed by atoms with Crippen LogP contribution in [-0.4, -0.2) is 18.2 Å². The van der Waals surface area contributed by atoms with Crippen molar-refractivity contribution >= 4 is 40.2 Å². The Hall–Kier alpha value is -2.16. The molecule has 0 spiro atoms. The highest BCUT2D eigenvalue weighted by Gasteiger charge is 2.03. The fraction of sp³-hybridized carbons (Fsp3) is 0.0714. The van der Waals surface area contributed by atoms with Crippen LogP contribution in [0, 0.1) is 13.7 Å². The Kier molecular flexibility index (Phi) is 5.09. The summed E-state index contributed by atoms with van der Waals surface area (Å²) in [6.45, 7) is 0. The normalized spacial score (nSPS) is 10.6. The van der Waals surface area contributed by atoms with Gasteiger partial charge in [-0.05, 0) is 58.5 Å². The quantitative estimate of drug-likeness (QED) is 0.362. The average molecular weight is 397 g/mol. The number of hydrogen-bond donors (Lipinski definition) is 1. The van der Waals surface area contributed by atoms with Gasteiger partial charge >= 0.3 is 0 Å². The lowest BCUT2D eigenvalue weighted by Crippen LogP contribution is -1.93. The van der Waals surface area contributed by atoms with E-state index in [4.69, 9.17) is 4.74 Å². The summed E-state index contributed by atoms with van der Waals surface area (Å²) in [5, 5.41) is 14.6. The van der Waals surface area contributed by atoms with Gasteiger partial charge in [-0.15, -0.1) is 0 Å². The molecule has 2 rings (SSSR count). The number of hydrazone groups is 1. The van der Waals surface area contributed by atoms with E-state index in [0.717, 1.165) is 14.9 Å². The van der Waals surface area contributed by atoms with Gasteiger partial charge in [-0.2, -0.15) is 5.10 Å². The molecule has 0 unspecified atom stereocenters. The second-order valence-corrected chi connectivity index (χ2v) is 5.23. The van der Waals surface area contributed by atoms with Crippen LogP contribution in [0.15, 0.2) is 47.6 Å². The van der Waals surface area contributed by atoms with E-state index in [0.29, 0.717) is 5.69 Å². The minimum atomic E-state index is -0.438. The third kappa shape index (κ3) is 4.15. The lowest BCUT2D eigenvalue weighted by atomic mass is 10.2. The average Bonchev–Trinajstić information content (AvgIpc) is 2.48. The molecule has 6 nitrogen and oxygen atoms in total. The minimum absolute atomic E-state index is 0.0502. The first-order valence-electron chi connectivity index (χ1n) is 5.97. The standard InChI is InChI=1S/C14H12IN3O3/c1-21-14-7-2-10(8-13(14)15)9-16-17-11-3-5-12(6-4-11)18(19)20/h2-9,17H,1H3/b16-9+. The van der Waals surface area contributed by atoms with Crippen molar-refractivity contribution < 1.29 is 9.66 Å². The molecule has 0 radical (unpaired) electrons. The number of nitro groups is 1. The molecule has 2 aromatic rings. The molecule has 0 fully saturated rings. The van der Waals surface area contributed by atoms with E-state index in [2.05, 4.69) is 33.1 Å². The lowest BCUT2D eigenvalue weighted by Gasteiger charge is -2.03. The summed E-state index contributed by atoms with van der Waals surface area (Å²) in [4.78, 5) is 10.1. The molecule has 108 valence electrons. The molecule has 0 amide bonds. The van der Waals surface area contributed by atoms with Gasteiger partial charge in [0.25, 0.3) is 5.69 Å². The Balaban J connectivity index is 2.01. The number of anilines is 1. The molecule has 7 heteroatoms. The molecule has 0 heterocycles. The number of methoxy groups -OCH3 is 1. The van der Waals surface area contributed by atoms with E-state index < -0.39 is 4.92 Å². The van der Waals surface area contributed by atoms with Crippen molar-refractivity contribution in [2.45, 2.75) is 0 Å². The molecule has 0 aliphatic heterocycles. The van der Waals surface area contributed by atoms with E-state index in [1.54, 1.807) is 25.5 Å². The second kappa shape index (κ2) is 7.02. The summed E-state index contributed by atoms with van der Waals surface area (Å²) < 4.78 is 6.18. The van der Waals surface area contributed by atoms with Gasteiger partial charge in [0.2, 0.25) is 0 Å². The van der Waals surface area contributed by atoms with Crippen LogP contribution in [0.2, 0.25) is 0 Å². The number of benzene rings is 2. The molecule has 0 atom stereocenters. The number of nitro benzene ring substituents is 1. The molecule has 0 aromatic heterocycles. The number of hydrogen-bond acceptors (Lipinski definition) is 5. The van der Waals surface area contributed by atoms with Gasteiger partial charge in [0.05, 0.1) is 27.5 Å². The van der Waals surface area contributed by atoms with Crippen LogP contribution in [0.3, 0.4) is 0 Å². The van der Waals surface area contributed by atoms with Crippen molar-refractivity contribution in [3.63, 3.8) is 0 Å². The van der Waals surface area contributed by atoms with Crippen molar-refractivity contribution in [2.24, 2.45) is 5.10 Å². The van der Waals surface area contributed by atoms with Crippen LogP contribution in [0.25, 0.3) is 0 Å². The zero-order valence-corrected chi connectivity index (χ0v) is 13.3. The third-order valence-corrected chi connectivity index (χ3v) is 3.50. The fourth-order valence-electron chi connectivity index (χ4n) is 1.60. The van der Waals surface area contributed by atoms with Crippen molar-refractivity contribution in [1.29, 1.82) is 0 Å². The zero-order valence-electron chi connectivity index (χ0n) is 11.1. The van der Waals surface area contributed by atoms with Crippen LogP contribution in [0.5, 0.6) is 5.75 Å². The number of nitrogens with one attached hydrogen (secondary N) is 1. The first-order valence-corrected chi connectivity index (χ1v) is 7.05. The highest BCUT2D eigenvalue weighted by molar-refractivity contribution is 14.1. The van der Waals surface area contributed by atoms with Crippen molar-refractivity contribution in [3.8, 4) is 5.75 Å². The van der Waals surface area contributed by atoms with Crippen LogP contribution in [-0.2, 0) is 0 Å². The third-order valence-electron chi connectivity index (χ3n) is 2.66. The molecule has 0 aliphatic carbocycles. The van der Waals surface area contributed by atoms with Gasteiger partial charge in [0.1, 0.15) is 5.75 Å². The number of non-ortho nitro benzene ring substituents is 1. The smallest absolute Gasteiger partial charge is 0.269 e. The molecular formula is C14H12IN3O3. The Morgan fingerprint density at radius 1 is 1.29 bits per heavy atom. The van der Waals surface area contributed by atoms with Gasteiger partial charge in [-0.3, -0.25) is 15.5 Å². The minimum Gasteiger partial charge on any atom is -0.496 e. The predicted molar refractivity (Wildman–Crippen MR) is 90.0 cm³/mol. The fourth-order valence-corrected chi connectivity index (χ4v) is 2.36. The van der Waals surface area contributed by atoms with E-state index in [-0.39, 0.29) is 5.69 Å². The maximum Gasteiger partial charge on any atom is 0.269 e. The van der Waals surface area contributed by atoms with Crippen LogP contribution >= 0.6 is 22.6 Å². The van der Waals surface area contributed by atoms with Crippen LogP contribution < -0.4 is 10.2 Å². The molecule has 1 N–H and O–H groups in total. The Morgan fingerprint density at radius 2 is 2.00 bits per heavy atom. The Morgan fingerprint density at radius 3 is 2.57 bits per heavy atom. The lowest BCUT2D eigenvalue weighted by molar-refractivity contribution is -0.384. The van der Waals surface area contributed by atoms with Crippen LogP contribution in [0.1, 0.15) is 5.56 Å². The molecule has 2 aromatic carbocycles. The highest BCUT2D eigenvalue weighted by Crippen LogP contribution is 2.21. The second-order valence-electron chi connectivity index (χ2n) is 4.07. The molecular weight excluding hydrogens is 385 g/mol. The van der Waals surface area contributed by atoms with Crippen molar-refractivity contribution in [3.05, 3.63) is 61.7 Å². The highest BCUT2D eigenvalue weighted by atomic mass is 127. The molecule has 21 heavy (non-hydrogen) atoms. The van der Waals surface area contributed by atoms with Gasteiger partial charge in [0.15, 0.2) is 0 Å². The van der Waals surface area contributed by atoms with E-state index in [1.165, 1.54) is 12.1 Å². The number of ether oxygens (including phenoxy) is 1. The van der Waals surface area contributed by atoms with E-state index in [9.17, 15) is 10.1 Å². The maximum absolute atomic E-state index is 10.5. The van der Waals surface area contributed by atoms with Gasteiger partial charge in [0, 0.05) is 12.1 Å². The van der Waals surface area contributed by atoms with Crippen LogP contribution in [0.4, 0.5) is 11.4 Å². The van der Waals surface area contributed by atoms with Gasteiger partial charge < -0.3 is 4.74 Å². The topological polar surface area (TPSA) is 76.8 Å². The Bertz CT molecular complexity index is 672. The first kappa shape index (κ1) is 15.2. The summed E-state index contributed by atoms with van der Waals surface area (Å²) in [5.41, 5.74) is 4.48. The SMILES string of the molecule is COc1ccc(/C=N/Nc2ccc([N+](=O)[O-])cc2)cc1I. The number of halogens is 1. The maximum atomic E-state index is 10.5. The summed E-state index contributed by atoms with van der Waals surface area (Å²) in [6, 6.07) is 11.8. The molecule has 0 saturated heterocycles. The van der Waals surface area contributed by atoms with E-state index >= 15 is 0 Å². The van der Waals surface area contributed by atoms with Gasteiger partial charge in [-0.1, -0.05) is 0 Å². The number of nitrogens with zero attached hydrogens (tertiary/aromatic N) is 2. The summed E-state index contributed by atoms with van der Waals surface area (Å²) in [5.74, 6) is 0.816. The van der Waals surface area contributed by atoms with Crippen molar-refractivity contribution in [1.82, 2.24) is 0 Å². The summed E-state index contributed by atoms with van der Waals surface area (Å²) in [7, 11) is 1.63. The monoisotopic (exact) mass is 397 g/mol. The zero-order chi connectivity index (χ0) is 15.2. The Labute approximate surface area is 135 Å². The van der Waals surface area contributed by atoms with E-state index in [1.807, 2.05) is 18.2 Å². The largest absolute Gasteiger partial charge is 0.496 e. The van der Waals surface area contributed by atoms with Gasteiger partial charge in [-0.25, -0.2) is 0 Å². The first-order chi connectivity index (χ1) is 10.1. The number of rotatable bonds is 5. The molecule has 0 bridgehead atoms. The molecule has 0 aliphatic rings. The predicted octanol–water partition coefficient (Wildman–Crippen LogP) is 3.65. The summed E-state index contributed by atoms with van der Waals surface area (Å²) in [6.07, 6.45) is 1.67. The molecule has 0 saturated carbocycles. The summed E-state index contributed by atoms with van der Waals surface area (Å²) >= 11 is 2.19. The van der Waals surface area contributed by atoms with Crippen molar-refractivity contribution in [2.75, 3.05) is 12.5 Å².